The number of amides is 3. The predicted octanol–water partition coefficient (Wildman–Crippen LogP) is 1.79. The lowest BCUT2D eigenvalue weighted by atomic mass is 9.64. The third-order valence-electron chi connectivity index (χ3n) is 6.99. The first-order valence-corrected chi connectivity index (χ1v) is 12.3. The fraction of sp³-hybridized carbons (Fsp3) is 0.583. The highest BCUT2D eigenvalue weighted by Gasteiger charge is 2.63. The van der Waals surface area contributed by atoms with E-state index in [-0.39, 0.29) is 39.8 Å². The van der Waals surface area contributed by atoms with Crippen LogP contribution < -0.4 is 15.5 Å². The van der Waals surface area contributed by atoms with E-state index in [0.717, 1.165) is 0 Å². The molecule has 3 aliphatic rings. The Morgan fingerprint density at radius 1 is 1.28 bits per heavy atom. The molecule has 3 aliphatic heterocycles. The molecular weight excluding hydrogens is 490 g/mol. The Labute approximate surface area is 212 Å². The van der Waals surface area contributed by atoms with Crippen molar-refractivity contribution < 1.29 is 28.4 Å². The van der Waals surface area contributed by atoms with Gasteiger partial charge >= 0.3 is 0 Å². The average molecular weight is 518 g/mol. The molecule has 12 heteroatoms. The standard InChI is InChI=1S/C24H28ClN5O6/c1-10-8-30-18-12(7-24(20(30)11(2)35-10)13(31)6-14(32)28-22(24)34)27-16-17(29-36-19(16)15(18)25)21(33)26-9-23(3,4)5/h10-11,20H,6-9H2,1-5H3,(H,26,33)(H,28,32,34)/t10-,11+,20-,24?/m1/s1. The molecule has 2 aromatic rings. The van der Waals surface area contributed by atoms with E-state index in [1.165, 1.54) is 0 Å². The zero-order valence-electron chi connectivity index (χ0n) is 20.7. The number of hydrogen-bond acceptors (Lipinski definition) is 9. The Bertz CT molecular complexity index is 1290. The minimum absolute atomic E-state index is 0.0339. The van der Waals surface area contributed by atoms with E-state index in [2.05, 4.69) is 20.8 Å². The van der Waals surface area contributed by atoms with Crippen LogP contribution >= 0.6 is 11.6 Å². The molecule has 0 saturated carbocycles. The summed E-state index contributed by atoms with van der Waals surface area (Å²) in [5, 5.41) is 9.29. The van der Waals surface area contributed by atoms with Gasteiger partial charge in [0.2, 0.25) is 17.4 Å². The number of halogens is 1. The van der Waals surface area contributed by atoms with E-state index in [9.17, 15) is 19.2 Å². The minimum atomic E-state index is -1.60. The SMILES string of the molecule is C[C@@H]1CN2c3c(nc4c(C(=O)NCC(C)(C)C)noc4c3Cl)CC3(C(=O)CC(=O)NC3=O)[C@H]2[C@H](C)O1. The van der Waals surface area contributed by atoms with Crippen LogP contribution in [0.1, 0.15) is 57.2 Å². The normalized spacial score (nSPS) is 28.2. The highest BCUT2D eigenvalue weighted by molar-refractivity contribution is 6.38. The van der Waals surface area contributed by atoms with Crippen LogP contribution in [0.3, 0.4) is 0 Å². The Morgan fingerprint density at radius 3 is 2.67 bits per heavy atom. The van der Waals surface area contributed by atoms with Crippen molar-refractivity contribution in [2.24, 2.45) is 10.8 Å². The Balaban J connectivity index is 1.67. The number of imide groups is 1. The summed E-state index contributed by atoms with van der Waals surface area (Å²) >= 11 is 6.84. The molecule has 2 fully saturated rings. The average Bonchev–Trinajstić information content (AvgIpc) is 3.19. The predicted molar refractivity (Wildman–Crippen MR) is 129 cm³/mol. The lowest BCUT2D eigenvalue weighted by molar-refractivity contribution is -0.158. The number of carbonyl (C=O) groups is 4. The summed E-state index contributed by atoms with van der Waals surface area (Å²) in [7, 11) is 0. The van der Waals surface area contributed by atoms with Gasteiger partial charge in [0.15, 0.2) is 11.5 Å². The van der Waals surface area contributed by atoms with Crippen molar-refractivity contribution in [2.75, 3.05) is 18.0 Å². The highest BCUT2D eigenvalue weighted by atomic mass is 35.5. The summed E-state index contributed by atoms with van der Waals surface area (Å²) in [5.74, 6) is -2.28. The van der Waals surface area contributed by atoms with Crippen LogP contribution in [0.2, 0.25) is 5.02 Å². The van der Waals surface area contributed by atoms with Crippen LogP contribution in [-0.2, 0) is 25.5 Å². The molecule has 1 unspecified atom stereocenters. The molecular formula is C24H28ClN5O6. The number of nitrogens with one attached hydrogen (secondary N) is 2. The number of carbonyl (C=O) groups excluding carboxylic acids is 4. The van der Waals surface area contributed by atoms with Gasteiger partial charge in [-0.25, -0.2) is 4.98 Å². The van der Waals surface area contributed by atoms with Crippen LogP contribution in [0, 0.1) is 10.8 Å². The molecule has 5 heterocycles. The molecule has 36 heavy (non-hydrogen) atoms. The first-order valence-electron chi connectivity index (χ1n) is 11.9. The largest absolute Gasteiger partial charge is 0.372 e. The molecule has 4 atom stereocenters. The Morgan fingerprint density at radius 2 is 2.00 bits per heavy atom. The van der Waals surface area contributed by atoms with Crippen molar-refractivity contribution in [1.29, 1.82) is 0 Å². The van der Waals surface area contributed by atoms with E-state index < -0.39 is 47.5 Å². The molecule has 0 aromatic carbocycles. The zero-order chi connectivity index (χ0) is 26.2. The molecule has 3 amide bonds. The van der Waals surface area contributed by atoms with Gasteiger partial charge in [-0.15, -0.1) is 0 Å². The van der Waals surface area contributed by atoms with E-state index >= 15 is 0 Å². The van der Waals surface area contributed by atoms with Gasteiger partial charge in [-0.05, 0) is 19.3 Å². The van der Waals surface area contributed by atoms with E-state index in [4.69, 9.17) is 20.9 Å². The van der Waals surface area contributed by atoms with E-state index in [0.29, 0.717) is 24.5 Å². The maximum Gasteiger partial charge on any atom is 0.275 e. The highest BCUT2D eigenvalue weighted by Crippen LogP contribution is 2.50. The number of Topliss-reactive ketones (excluding diaryl/α,β-unsaturated/α-hetero) is 1. The molecule has 2 saturated heterocycles. The maximum atomic E-state index is 13.4. The Hall–Kier alpha value is -3.05. The van der Waals surface area contributed by atoms with Gasteiger partial charge in [0.25, 0.3) is 5.91 Å². The zero-order valence-corrected chi connectivity index (χ0v) is 21.5. The number of ketones is 1. The number of hydrogen-bond donors (Lipinski definition) is 2. The van der Waals surface area contributed by atoms with E-state index in [1.807, 2.05) is 32.6 Å². The molecule has 5 rings (SSSR count). The first kappa shape index (κ1) is 24.6. The summed E-state index contributed by atoms with van der Waals surface area (Å²) in [6, 6.07) is -0.712. The van der Waals surface area contributed by atoms with Crippen LogP contribution in [0.15, 0.2) is 4.52 Å². The van der Waals surface area contributed by atoms with Gasteiger partial charge in [-0.3, -0.25) is 24.5 Å². The Kier molecular flexibility index (Phi) is 5.64. The second-order valence-electron chi connectivity index (χ2n) is 11.0. The number of pyridine rings is 1. The van der Waals surface area contributed by atoms with Crippen LogP contribution in [0.5, 0.6) is 0 Å². The number of fused-ring (bicyclic) bond motifs is 5. The summed E-state index contributed by atoms with van der Waals surface area (Å²) in [4.78, 5) is 58.2. The number of morpholine rings is 1. The number of ether oxygens (including phenoxy) is 1. The minimum Gasteiger partial charge on any atom is -0.372 e. The molecule has 1 spiro atoms. The number of nitrogens with zero attached hydrogens (tertiary/aromatic N) is 3. The van der Waals surface area contributed by atoms with Crippen molar-refractivity contribution in [2.45, 2.75) is 65.7 Å². The molecule has 0 radical (unpaired) electrons. The van der Waals surface area contributed by atoms with Gasteiger partial charge in [0.1, 0.15) is 16.0 Å². The lowest BCUT2D eigenvalue weighted by Crippen LogP contribution is -2.72. The number of anilines is 1. The second kappa shape index (κ2) is 8.24. The number of aromatic nitrogens is 2. The third kappa shape index (κ3) is 3.67. The van der Waals surface area contributed by atoms with Crippen LogP contribution in [0.4, 0.5) is 5.69 Å². The fourth-order valence-corrected chi connectivity index (χ4v) is 5.87. The monoisotopic (exact) mass is 517 g/mol. The van der Waals surface area contributed by atoms with Crippen molar-refractivity contribution >= 4 is 51.9 Å². The lowest BCUT2D eigenvalue weighted by Gasteiger charge is -2.55. The molecule has 2 aromatic heterocycles. The molecule has 192 valence electrons. The summed E-state index contributed by atoms with van der Waals surface area (Å²) < 4.78 is 11.5. The second-order valence-corrected chi connectivity index (χ2v) is 11.4. The van der Waals surface area contributed by atoms with Crippen molar-refractivity contribution in [3.8, 4) is 0 Å². The number of piperidine rings is 1. The summed E-state index contributed by atoms with van der Waals surface area (Å²) in [6.07, 6.45) is -1.28. The molecule has 0 bridgehead atoms. The molecule has 0 aliphatic carbocycles. The van der Waals surface area contributed by atoms with Crippen molar-refractivity contribution in [1.82, 2.24) is 20.8 Å². The van der Waals surface area contributed by atoms with Crippen molar-refractivity contribution in [3.05, 3.63) is 16.4 Å². The third-order valence-corrected chi connectivity index (χ3v) is 7.34. The van der Waals surface area contributed by atoms with Crippen LogP contribution in [0.25, 0.3) is 11.1 Å². The van der Waals surface area contributed by atoms with Gasteiger partial charge in [0.05, 0.1) is 36.1 Å². The fourth-order valence-electron chi connectivity index (χ4n) is 5.53. The maximum absolute atomic E-state index is 13.4. The number of rotatable bonds is 2. The van der Waals surface area contributed by atoms with Crippen molar-refractivity contribution in [3.63, 3.8) is 0 Å². The van der Waals surface area contributed by atoms with Gasteiger partial charge in [0, 0.05) is 19.5 Å². The van der Waals surface area contributed by atoms with Gasteiger partial charge in [-0.1, -0.05) is 37.5 Å². The quantitative estimate of drug-likeness (QED) is 0.450. The molecule has 11 nitrogen and oxygen atoms in total. The van der Waals surface area contributed by atoms with Gasteiger partial charge < -0.3 is 19.5 Å². The topological polar surface area (TPSA) is 144 Å². The van der Waals surface area contributed by atoms with E-state index in [1.54, 1.807) is 6.92 Å². The summed E-state index contributed by atoms with van der Waals surface area (Å²) in [6.45, 7) is 10.4. The summed E-state index contributed by atoms with van der Waals surface area (Å²) in [5.41, 5.74) is -0.630. The molecule has 2 N–H and O–H groups in total. The van der Waals surface area contributed by atoms with Gasteiger partial charge in [-0.2, -0.15) is 0 Å². The smallest absolute Gasteiger partial charge is 0.275 e. The first-order chi connectivity index (χ1) is 16.8. The van der Waals surface area contributed by atoms with Crippen LogP contribution in [-0.4, -0.2) is 65.0 Å².